The van der Waals surface area contributed by atoms with Crippen LogP contribution in [-0.4, -0.2) is 46.1 Å². The zero-order valence-corrected chi connectivity index (χ0v) is 18.6. The summed E-state index contributed by atoms with van der Waals surface area (Å²) in [5, 5.41) is 13.2. The quantitative estimate of drug-likeness (QED) is 0.565. The van der Waals surface area contributed by atoms with E-state index in [1.54, 1.807) is 41.3 Å². The van der Waals surface area contributed by atoms with Crippen LogP contribution in [0.15, 0.2) is 48.5 Å². The van der Waals surface area contributed by atoms with E-state index >= 15 is 0 Å². The standard InChI is InChI=1S/C21H18Cl2N4O3S/c22-14-5-3-13(4-6-14)20-25-26-21(31-20)24-19(29)17-2-1-11-27(17)18(28)12-30-16-9-7-15(23)8-10-16/h3-10,17H,1-2,11-12H2,(H,24,26,29). The zero-order valence-electron chi connectivity index (χ0n) is 16.3. The molecule has 1 atom stereocenters. The van der Waals surface area contributed by atoms with Gasteiger partial charge in [0.2, 0.25) is 11.0 Å². The van der Waals surface area contributed by atoms with Gasteiger partial charge in [-0.05, 0) is 49.2 Å². The molecular weight excluding hydrogens is 459 g/mol. The molecule has 0 radical (unpaired) electrons. The molecule has 0 spiro atoms. The van der Waals surface area contributed by atoms with Crippen molar-refractivity contribution in [3.8, 4) is 16.3 Å². The number of amides is 2. The van der Waals surface area contributed by atoms with E-state index < -0.39 is 6.04 Å². The minimum Gasteiger partial charge on any atom is -0.484 e. The minimum atomic E-state index is -0.566. The lowest BCUT2D eigenvalue weighted by Crippen LogP contribution is -2.45. The van der Waals surface area contributed by atoms with E-state index in [4.69, 9.17) is 27.9 Å². The van der Waals surface area contributed by atoms with Crippen LogP contribution in [0.5, 0.6) is 5.75 Å². The van der Waals surface area contributed by atoms with Gasteiger partial charge in [-0.15, -0.1) is 10.2 Å². The number of nitrogens with zero attached hydrogens (tertiary/aromatic N) is 3. The molecular formula is C21H18Cl2N4O3S. The van der Waals surface area contributed by atoms with Gasteiger partial charge in [0.15, 0.2) is 6.61 Å². The molecule has 2 heterocycles. The number of aromatic nitrogens is 2. The van der Waals surface area contributed by atoms with Crippen LogP contribution in [0.4, 0.5) is 5.13 Å². The first-order valence-corrected chi connectivity index (χ1v) is 11.1. The number of hydrogen-bond acceptors (Lipinski definition) is 6. The largest absolute Gasteiger partial charge is 0.484 e. The van der Waals surface area contributed by atoms with Gasteiger partial charge in [0.1, 0.15) is 16.8 Å². The lowest BCUT2D eigenvalue weighted by molar-refractivity contribution is -0.138. The fraction of sp³-hybridized carbons (Fsp3) is 0.238. The Kier molecular flexibility index (Phi) is 6.70. The molecule has 0 aliphatic carbocycles. The van der Waals surface area contributed by atoms with E-state index in [0.29, 0.717) is 38.9 Å². The summed E-state index contributed by atoms with van der Waals surface area (Å²) < 4.78 is 5.53. The van der Waals surface area contributed by atoms with Crippen LogP contribution in [0.1, 0.15) is 12.8 Å². The number of likely N-dealkylation sites (tertiary alicyclic amines) is 1. The van der Waals surface area contributed by atoms with E-state index in [-0.39, 0.29) is 18.4 Å². The second kappa shape index (κ2) is 9.64. The number of carbonyl (C=O) groups is 2. The Hall–Kier alpha value is -2.68. The predicted octanol–water partition coefficient (Wildman–Crippen LogP) is 4.52. The third kappa shape index (κ3) is 5.33. The summed E-state index contributed by atoms with van der Waals surface area (Å²) in [5.41, 5.74) is 0.861. The summed E-state index contributed by atoms with van der Waals surface area (Å²) in [6.45, 7) is 0.359. The molecule has 3 aromatic rings. The molecule has 4 rings (SSSR count). The summed E-state index contributed by atoms with van der Waals surface area (Å²) >= 11 is 13.0. The third-order valence-electron chi connectivity index (χ3n) is 4.80. The van der Waals surface area contributed by atoms with E-state index in [9.17, 15) is 9.59 Å². The number of benzene rings is 2. The van der Waals surface area contributed by atoms with Crippen LogP contribution in [0.2, 0.25) is 10.0 Å². The van der Waals surface area contributed by atoms with Gasteiger partial charge in [-0.25, -0.2) is 0 Å². The first kappa shape index (κ1) is 21.5. The maximum absolute atomic E-state index is 12.8. The number of ether oxygens (including phenoxy) is 1. The van der Waals surface area contributed by atoms with Gasteiger partial charge < -0.3 is 9.64 Å². The second-order valence-corrected chi connectivity index (χ2v) is 8.75. The van der Waals surface area contributed by atoms with E-state index in [2.05, 4.69) is 15.5 Å². The Morgan fingerprint density at radius 2 is 1.74 bits per heavy atom. The Bertz CT molecular complexity index is 1070. The van der Waals surface area contributed by atoms with Gasteiger partial charge in [0, 0.05) is 22.2 Å². The smallest absolute Gasteiger partial charge is 0.261 e. The van der Waals surface area contributed by atoms with Crippen LogP contribution < -0.4 is 10.1 Å². The number of rotatable bonds is 6. The summed E-state index contributed by atoms with van der Waals surface area (Å²) in [7, 11) is 0. The molecule has 0 bridgehead atoms. The molecule has 1 fully saturated rings. The fourth-order valence-corrected chi connectivity index (χ4v) is 4.27. The van der Waals surface area contributed by atoms with Crippen molar-refractivity contribution in [1.82, 2.24) is 15.1 Å². The minimum absolute atomic E-state index is 0.148. The molecule has 31 heavy (non-hydrogen) atoms. The second-order valence-electron chi connectivity index (χ2n) is 6.90. The average Bonchev–Trinajstić information content (AvgIpc) is 3.43. The van der Waals surface area contributed by atoms with Crippen molar-refractivity contribution in [2.75, 3.05) is 18.5 Å². The zero-order chi connectivity index (χ0) is 21.8. The third-order valence-corrected chi connectivity index (χ3v) is 6.19. The lowest BCUT2D eigenvalue weighted by Gasteiger charge is -2.23. The molecule has 1 unspecified atom stereocenters. The molecule has 2 aromatic carbocycles. The van der Waals surface area contributed by atoms with E-state index in [1.807, 2.05) is 12.1 Å². The van der Waals surface area contributed by atoms with Crippen molar-refractivity contribution < 1.29 is 14.3 Å². The lowest BCUT2D eigenvalue weighted by atomic mass is 10.2. The molecule has 1 N–H and O–H groups in total. The summed E-state index contributed by atoms with van der Waals surface area (Å²) in [4.78, 5) is 27.0. The highest BCUT2D eigenvalue weighted by molar-refractivity contribution is 7.18. The van der Waals surface area contributed by atoms with E-state index in [0.717, 1.165) is 12.0 Å². The van der Waals surface area contributed by atoms with Crippen LogP contribution in [0.25, 0.3) is 10.6 Å². The average molecular weight is 477 g/mol. The van der Waals surface area contributed by atoms with Crippen LogP contribution in [0, 0.1) is 0 Å². The maximum atomic E-state index is 12.8. The number of carbonyl (C=O) groups excluding carboxylic acids is 2. The van der Waals surface area contributed by atoms with Crippen molar-refractivity contribution in [3.05, 3.63) is 58.6 Å². The molecule has 1 aliphatic rings. The Labute approximate surface area is 192 Å². The van der Waals surface area contributed by atoms with Crippen LogP contribution in [-0.2, 0) is 9.59 Å². The molecule has 160 valence electrons. The first-order valence-electron chi connectivity index (χ1n) is 9.58. The summed E-state index contributed by atoms with van der Waals surface area (Å²) in [6.07, 6.45) is 1.33. The van der Waals surface area contributed by atoms with Crippen LogP contribution >= 0.6 is 34.5 Å². The van der Waals surface area contributed by atoms with Gasteiger partial charge in [-0.1, -0.05) is 46.7 Å². The fourth-order valence-electron chi connectivity index (χ4n) is 3.27. The number of anilines is 1. The highest BCUT2D eigenvalue weighted by Gasteiger charge is 2.34. The first-order chi connectivity index (χ1) is 15.0. The highest BCUT2D eigenvalue weighted by atomic mass is 35.5. The van der Waals surface area contributed by atoms with Crippen molar-refractivity contribution >= 4 is 51.5 Å². The monoisotopic (exact) mass is 476 g/mol. The number of halogens is 2. The van der Waals surface area contributed by atoms with Gasteiger partial charge in [-0.2, -0.15) is 0 Å². The van der Waals surface area contributed by atoms with Crippen LogP contribution in [0.3, 0.4) is 0 Å². The molecule has 1 aromatic heterocycles. The molecule has 1 aliphatic heterocycles. The molecule has 7 nitrogen and oxygen atoms in total. The molecule has 0 saturated carbocycles. The Balaban J connectivity index is 1.36. The maximum Gasteiger partial charge on any atom is 0.261 e. The predicted molar refractivity (Wildman–Crippen MR) is 121 cm³/mol. The summed E-state index contributed by atoms with van der Waals surface area (Å²) in [5.74, 6) is 0.0180. The number of hydrogen-bond donors (Lipinski definition) is 1. The van der Waals surface area contributed by atoms with Gasteiger partial charge >= 0.3 is 0 Å². The molecule has 2 amide bonds. The van der Waals surface area contributed by atoms with Crippen molar-refractivity contribution in [2.24, 2.45) is 0 Å². The number of nitrogens with one attached hydrogen (secondary N) is 1. The SMILES string of the molecule is O=C(Nc1nnc(-c2ccc(Cl)cc2)s1)C1CCCN1C(=O)COc1ccc(Cl)cc1. The van der Waals surface area contributed by atoms with Crippen molar-refractivity contribution in [2.45, 2.75) is 18.9 Å². The normalized spacial score (nSPS) is 15.7. The molecule has 1 saturated heterocycles. The Morgan fingerprint density at radius 1 is 1.06 bits per heavy atom. The van der Waals surface area contributed by atoms with Gasteiger partial charge in [-0.3, -0.25) is 14.9 Å². The van der Waals surface area contributed by atoms with Gasteiger partial charge in [0.05, 0.1) is 0 Å². The van der Waals surface area contributed by atoms with Crippen molar-refractivity contribution in [1.29, 1.82) is 0 Å². The Morgan fingerprint density at radius 3 is 2.45 bits per heavy atom. The van der Waals surface area contributed by atoms with Gasteiger partial charge in [0.25, 0.3) is 5.91 Å². The topological polar surface area (TPSA) is 84.4 Å². The summed E-state index contributed by atoms with van der Waals surface area (Å²) in [6, 6.07) is 13.4. The van der Waals surface area contributed by atoms with E-state index in [1.165, 1.54) is 11.3 Å². The van der Waals surface area contributed by atoms with Crippen molar-refractivity contribution in [3.63, 3.8) is 0 Å². The molecule has 10 heteroatoms. The highest BCUT2D eigenvalue weighted by Crippen LogP contribution is 2.28.